The van der Waals surface area contributed by atoms with E-state index in [-0.39, 0.29) is 12.4 Å². The lowest BCUT2D eigenvalue weighted by Gasteiger charge is -2.35. The molecule has 0 aromatic heterocycles. The smallest absolute Gasteiger partial charge is 0.226 e. The fourth-order valence-electron chi connectivity index (χ4n) is 6.50. The zero-order chi connectivity index (χ0) is 14.0. The molecule has 3 aliphatic carbocycles. The van der Waals surface area contributed by atoms with Crippen LogP contribution in [0.15, 0.2) is 0 Å². The maximum absolute atomic E-state index is 12.8. The van der Waals surface area contributed by atoms with Crippen LogP contribution in [-0.4, -0.2) is 36.5 Å². The second-order valence-corrected chi connectivity index (χ2v) is 8.38. The number of nitrogens with zero attached hydrogens (tertiary/aromatic N) is 1. The number of amides is 1. The number of piperidine rings is 1. The Labute approximate surface area is 140 Å². The summed E-state index contributed by atoms with van der Waals surface area (Å²) in [6.45, 7) is 3.28. The summed E-state index contributed by atoms with van der Waals surface area (Å²) in [5.74, 6) is 5.29. The average Bonchev–Trinajstić information content (AvgIpc) is 2.97. The number of halogens is 1. The molecule has 2 aliphatic heterocycles. The Hall–Kier alpha value is -0.280. The number of hydrogen-bond acceptors (Lipinski definition) is 2. The molecule has 4 heteroatoms. The Kier molecular flexibility index (Phi) is 3.93. The molecule has 5 aliphatic rings. The van der Waals surface area contributed by atoms with Gasteiger partial charge in [-0.25, -0.2) is 0 Å². The third-order valence-electron chi connectivity index (χ3n) is 7.54. The van der Waals surface area contributed by atoms with Gasteiger partial charge in [0.05, 0.1) is 0 Å². The largest absolute Gasteiger partial charge is 0.342 e. The summed E-state index contributed by atoms with van der Waals surface area (Å²) in [5, 5.41) is 3.65. The Morgan fingerprint density at radius 1 is 0.909 bits per heavy atom. The maximum Gasteiger partial charge on any atom is 0.226 e. The van der Waals surface area contributed by atoms with Crippen LogP contribution in [0.3, 0.4) is 0 Å². The van der Waals surface area contributed by atoms with Crippen molar-refractivity contribution in [2.24, 2.45) is 35.5 Å². The van der Waals surface area contributed by atoms with E-state index in [1.165, 1.54) is 51.5 Å². The molecule has 1 amide bonds. The SMILES string of the molecule is Cl.O=C(C1C2C3CCC(C3)C12)N1CCC(C2CCCN2)CC1. The summed E-state index contributed by atoms with van der Waals surface area (Å²) in [5.41, 5.74) is 0. The summed E-state index contributed by atoms with van der Waals surface area (Å²) in [4.78, 5) is 15.1. The molecule has 3 nitrogen and oxygen atoms in total. The van der Waals surface area contributed by atoms with E-state index in [0.717, 1.165) is 48.7 Å². The second-order valence-electron chi connectivity index (χ2n) is 8.38. The number of rotatable bonds is 2. The van der Waals surface area contributed by atoms with E-state index in [9.17, 15) is 4.79 Å². The number of fused-ring (bicyclic) bond motifs is 5. The van der Waals surface area contributed by atoms with Gasteiger partial charge in [0.1, 0.15) is 0 Å². The van der Waals surface area contributed by atoms with Crippen molar-refractivity contribution in [1.29, 1.82) is 0 Å². The van der Waals surface area contributed by atoms with Gasteiger partial charge in [-0.15, -0.1) is 12.4 Å². The van der Waals surface area contributed by atoms with Crippen molar-refractivity contribution in [1.82, 2.24) is 10.2 Å². The highest BCUT2D eigenvalue weighted by Crippen LogP contribution is 2.69. The van der Waals surface area contributed by atoms with Gasteiger partial charge in [0.2, 0.25) is 5.91 Å². The molecule has 0 aromatic rings. The monoisotopic (exact) mass is 324 g/mol. The van der Waals surface area contributed by atoms with Gasteiger partial charge in [-0.3, -0.25) is 4.79 Å². The molecule has 3 saturated carbocycles. The lowest BCUT2D eigenvalue weighted by molar-refractivity contribution is -0.135. The van der Waals surface area contributed by atoms with Crippen molar-refractivity contribution in [2.45, 2.75) is 51.0 Å². The summed E-state index contributed by atoms with van der Waals surface area (Å²) in [6.07, 6.45) is 9.47. The summed E-state index contributed by atoms with van der Waals surface area (Å²) < 4.78 is 0. The lowest BCUT2D eigenvalue weighted by atomic mass is 9.88. The number of carbonyl (C=O) groups excluding carboxylic acids is 1. The summed E-state index contributed by atoms with van der Waals surface area (Å²) >= 11 is 0. The molecule has 2 heterocycles. The van der Waals surface area contributed by atoms with Crippen LogP contribution in [0.4, 0.5) is 0 Å². The molecule has 22 heavy (non-hydrogen) atoms. The summed E-state index contributed by atoms with van der Waals surface area (Å²) in [7, 11) is 0. The molecule has 124 valence electrons. The van der Waals surface area contributed by atoms with Crippen molar-refractivity contribution in [3.63, 3.8) is 0 Å². The van der Waals surface area contributed by atoms with Crippen LogP contribution in [0.2, 0.25) is 0 Å². The van der Waals surface area contributed by atoms with E-state index >= 15 is 0 Å². The molecule has 5 fully saturated rings. The minimum Gasteiger partial charge on any atom is -0.342 e. The van der Waals surface area contributed by atoms with Gasteiger partial charge in [-0.05, 0) is 81.1 Å². The van der Waals surface area contributed by atoms with Gasteiger partial charge in [0, 0.05) is 25.0 Å². The average molecular weight is 325 g/mol. The van der Waals surface area contributed by atoms with Crippen molar-refractivity contribution in [3.05, 3.63) is 0 Å². The highest BCUT2D eigenvalue weighted by Gasteiger charge is 2.68. The highest BCUT2D eigenvalue weighted by atomic mass is 35.5. The van der Waals surface area contributed by atoms with Crippen LogP contribution >= 0.6 is 12.4 Å². The van der Waals surface area contributed by atoms with Gasteiger partial charge >= 0.3 is 0 Å². The van der Waals surface area contributed by atoms with E-state index in [0.29, 0.717) is 11.8 Å². The molecule has 0 aromatic carbocycles. The first-order valence-electron chi connectivity index (χ1n) is 9.35. The Morgan fingerprint density at radius 2 is 1.59 bits per heavy atom. The molecular weight excluding hydrogens is 296 g/mol. The van der Waals surface area contributed by atoms with E-state index in [2.05, 4.69) is 10.2 Å². The van der Waals surface area contributed by atoms with Crippen molar-refractivity contribution in [2.75, 3.05) is 19.6 Å². The van der Waals surface area contributed by atoms with Gasteiger partial charge in [-0.1, -0.05) is 0 Å². The maximum atomic E-state index is 12.8. The Balaban J connectivity index is 0.00000125. The van der Waals surface area contributed by atoms with Crippen molar-refractivity contribution < 1.29 is 4.79 Å². The van der Waals surface area contributed by atoms with Gasteiger partial charge in [0.15, 0.2) is 0 Å². The molecule has 2 saturated heterocycles. The molecule has 1 N–H and O–H groups in total. The van der Waals surface area contributed by atoms with Crippen LogP contribution in [0, 0.1) is 35.5 Å². The van der Waals surface area contributed by atoms with Gasteiger partial charge < -0.3 is 10.2 Å². The molecule has 0 radical (unpaired) electrons. The van der Waals surface area contributed by atoms with Crippen LogP contribution in [0.5, 0.6) is 0 Å². The predicted octanol–water partition coefficient (Wildman–Crippen LogP) is 2.69. The number of carbonyl (C=O) groups is 1. The predicted molar refractivity (Wildman–Crippen MR) is 88.9 cm³/mol. The van der Waals surface area contributed by atoms with Crippen molar-refractivity contribution in [3.8, 4) is 0 Å². The third kappa shape index (κ3) is 2.23. The topological polar surface area (TPSA) is 32.3 Å². The third-order valence-corrected chi connectivity index (χ3v) is 7.54. The summed E-state index contributed by atoms with van der Waals surface area (Å²) in [6, 6.07) is 0.749. The van der Waals surface area contributed by atoms with E-state index in [1.807, 2.05) is 0 Å². The zero-order valence-electron chi connectivity index (χ0n) is 13.4. The highest BCUT2D eigenvalue weighted by molar-refractivity contribution is 5.85. The first-order valence-corrected chi connectivity index (χ1v) is 9.35. The van der Waals surface area contributed by atoms with E-state index < -0.39 is 0 Å². The first kappa shape index (κ1) is 15.3. The minimum absolute atomic E-state index is 0. The Morgan fingerprint density at radius 3 is 2.18 bits per heavy atom. The Bertz CT molecular complexity index is 426. The molecule has 5 rings (SSSR count). The molecular formula is C18H29ClN2O. The lowest BCUT2D eigenvalue weighted by Crippen LogP contribution is -2.44. The van der Waals surface area contributed by atoms with Crippen molar-refractivity contribution >= 4 is 18.3 Å². The van der Waals surface area contributed by atoms with Crippen LogP contribution < -0.4 is 5.32 Å². The van der Waals surface area contributed by atoms with Gasteiger partial charge in [-0.2, -0.15) is 0 Å². The normalized spacial score (nSPS) is 46.5. The number of hydrogen-bond donors (Lipinski definition) is 1. The van der Waals surface area contributed by atoms with Crippen LogP contribution in [-0.2, 0) is 4.79 Å². The molecule has 5 unspecified atom stereocenters. The van der Waals surface area contributed by atoms with E-state index in [1.54, 1.807) is 0 Å². The number of likely N-dealkylation sites (tertiary alicyclic amines) is 1. The fourth-order valence-corrected chi connectivity index (χ4v) is 6.50. The quantitative estimate of drug-likeness (QED) is 0.847. The van der Waals surface area contributed by atoms with Gasteiger partial charge in [0.25, 0.3) is 0 Å². The van der Waals surface area contributed by atoms with E-state index in [4.69, 9.17) is 0 Å². The molecule has 2 bridgehead atoms. The molecule has 0 spiro atoms. The fraction of sp³-hybridized carbons (Fsp3) is 0.944. The van der Waals surface area contributed by atoms with Crippen LogP contribution in [0.25, 0.3) is 0 Å². The second kappa shape index (κ2) is 5.66. The number of nitrogens with one attached hydrogen (secondary N) is 1. The molecule has 5 atom stereocenters. The van der Waals surface area contributed by atoms with Crippen LogP contribution in [0.1, 0.15) is 44.9 Å². The zero-order valence-corrected chi connectivity index (χ0v) is 14.2. The standard InChI is InChI=1S/C18H28N2O.ClH/c21-18(17-15-12-3-4-13(10-12)16(15)17)20-8-5-11(6-9-20)14-2-1-7-19-14;/h11-17,19H,1-10H2;1H. The minimum atomic E-state index is 0. The first-order chi connectivity index (χ1) is 10.3.